The number of nitrogens with one attached hydrogen (secondary N) is 1. The predicted octanol–water partition coefficient (Wildman–Crippen LogP) is 2.42. The Bertz CT molecular complexity index is 710. The molecule has 2 aromatic rings. The Hall–Kier alpha value is -2.15. The van der Waals surface area contributed by atoms with Gasteiger partial charge in [0.2, 0.25) is 0 Å². The summed E-state index contributed by atoms with van der Waals surface area (Å²) in [5.74, 6) is 0.515. The average Bonchev–Trinajstić information content (AvgIpc) is 2.77. The van der Waals surface area contributed by atoms with Gasteiger partial charge >= 0.3 is 0 Å². The van der Waals surface area contributed by atoms with Crippen LogP contribution in [0.1, 0.15) is 17.0 Å². The van der Waals surface area contributed by atoms with Crippen molar-refractivity contribution in [3.05, 3.63) is 45.7 Å². The van der Waals surface area contributed by atoms with E-state index in [2.05, 4.69) is 31.6 Å². The summed E-state index contributed by atoms with van der Waals surface area (Å²) in [5.41, 5.74) is 5.16. The zero-order valence-electron chi connectivity index (χ0n) is 12.6. The summed E-state index contributed by atoms with van der Waals surface area (Å²) in [7, 11) is 1.60. The summed E-state index contributed by atoms with van der Waals surface area (Å²) >= 11 is 3.40. The summed E-state index contributed by atoms with van der Waals surface area (Å²) in [6.07, 6.45) is 1.57. The zero-order chi connectivity index (χ0) is 16.1. The Morgan fingerprint density at radius 2 is 2.23 bits per heavy atom. The van der Waals surface area contributed by atoms with E-state index in [1.165, 1.54) is 0 Å². The number of ether oxygens (including phenoxy) is 1. The minimum Gasteiger partial charge on any atom is -0.496 e. The van der Waals surface area contributed by atoms with E-state index in [0.29, 0.717) is 0 Å². The van der Waals surface area contributed by atoms with Gasteiger partial charge in [-0.2, -0.15) is 10.2 Å². The number of nitrogens with zero attached hydrogens (tertiary/aromatic N) is 3. The standard InChI is InChI=1S/C15H17BrN4O2/c1-10-6-11(2)20(19-10)9-15(21)18-17-8-12-4-5-14(22-3)13(16)7-12/h4-8H,9H2,1-3H3,(H,18,21). The molecule has 2 rings (SSSR count). The van der Waals surface area contributed by atoms with Crippen LogP contribution in [0.3, 0.4) is 0 Å². The molecule has 1 amide bonds. The molecular weight excluding hydrogens is 348 g/mol. The molecule has 0 saturated carbocycles. The monoisotopic (exact) mass is 364 g/mol. The van der Waals surface area contributed by atoms with Gasteiger partial charge in [-0.15, -0.1) is 0 Å². The number of rotatable bonds is 5. The number of hydrazone groups is 1. The molecule has 0 unspecified atom stereocenters. The van der Waals surface area contributed by atoms with Gasteiger partial charge in [0.15, 0.2) is 0 Å². The van der Waals surface area contributed by atoms with E-state index in [1.807, 2.05) is 38.1 Å². The summed E-state index contributed by atoms with van der Waals surface area (Å²) in [6.45, 7) is 3.94. The van der Waals surface area contributed by atoms with Gasteiger partial charge in [0.25, 0.3) is 5.91 Å². The third kappa shape index (κ3) is 4.17. The molecule has 0 atom stereocenters. The van der Waals surface area contributed by atoms with Gasteiger partial charge in [-0.05, 0) is 59.6 Å². The number of hydrogen-bond donors (Lipinski definition) is 1. The molecule has 0 aliphatic rings. The highest BCUT2D eigenvalue weighted by molar-refractivity contribution is 9.10. The molecule has 7 heteroatoms. The van der Waals surface area contributed by atoms with E-state index in [0.717, 1.165) is 27.2 Å². The lowest BCUT2D eigenvalue weighted by Gasteiger charge is -2.04. The summed E-state index contributed by atoms with van der Waals surface area (Å²) in [5, 5.41) is 8.17. The Balaban J connectivity index is 1.93. The number of halogens is 1. The SMILES string of the molecule is COc1ccc(C=NNC(=O)Cn2nc(C)cc2C)cc1Br. The first-order chi connectivity index (χ1) is 10.5. The molecule has 116 valence electrons. The predicted molar refractivity (Wildman–Crippen MR) is 88.1 cm³/mol. The van der Waals surface area contributed by atoms with E-state index >= 15 is 0 Å². The van der Waals surface area contributed by atoms with Crippen LogP contribution in [0.4, 0.5) is 0 Å². The number of aryl methyl sites for hydroxylation is 2. The minimum atomic E-state index is -0.227. The van der Waals surface area contributed by atoms with Gasteiger partial charge in [-0.3, -0.25) is 9.48 Å². The van der Waals surface area contributed by atoms with Crippen molar-refractivity contribution in [2.75, 3.05) is 7.11 Å². The fraction of sp³-hybridized carbons (Fsp3) is 0.267. The molecule has 1 aromatic carbocycles. The smallest absolute Gasteiger partial charge is 0.261 e. The molecule has 1 heterocycles. The number of carbonyl (C=O) groups excluding carboxylic acids is 1. The first-order valence-electron chi connectivity index (χ1n) is 6.66. The lowest BCUT2D eigenvalue weighted by atomic mass is 10.2. The highest BCUT2D eigenvalue weighted by atomic mass is 79.9. The van der Waals surface area contributed by atoms with Crippen molar-refractivity contribution >= 4 is 28.1 Å². The van der Waals surface area contributed by atoms with Gasteiger partial charge < -0.3 is 4.74 Å². The molecule has 0 fully saturated rings. The quantitative estimate of drug-likeness (QED) is 0.654. The number of carbonyl (C=O) groups is 1. The Labute approximate surface area is 137 Å². The van der Waals surface area contributed by atoms with Gasteiger partial charge in [0.05, 0.1) is 23.5 Å². The Morgan fingerprint density at radius 1 is 1.45 bits per heavy atom. The van der Waals surface area contributed by atoms with Crippen LogP contribution in [-0.2, 0) is 11.3 Å². The largest absolute Gasteiger partial charge is 0.496 e. The van der Waals surface area contributed by atoms with Crippen LogP contribution in [0.25, 0.3) is 0 Å². The van der Waals surface area contributed by atoms with Crippen molar-refractivity contribution < 1.29 is 9.53 Å². The summed E-state index contributed by atoms with van der Waals surface area (Å²) in [4.78, 5) is 11.8. The maximum atomic E-state index is 11.8. The maximum Gasteiger partial charge on any atom is 0.261 e. The first kappa shape index (κ1) is 16.2. The van der Waals surface area contributed by atoms with Crippen LogP contribution in [0.2, 0.25) is 0 Å². The summed E-state index contributed by atoms with van der Waals surface area (Å²) < 4.78 is 7.62. The molecule has 0 spiro atoms. The zero-order valence-corrected chi connectivity index (χ0v) is 14.2. The van der Waals surface area contributed by atoms with Crippen molar-refractivity contribution in [3.8, 4) is 5.75 Å². The van der Waals surface area contributed by atoms with Crippen molar-refractivity contribution in [2.24, 2.45) is 5.10 Å². The fourth-order valence-corrected chi connectivity index (χ4v) is 2.51. The molecule has 0 bridgehead atoms. The molecular formula is C15H17BrN4O2. The number of aromatic nitrogens is 2. The number of methoxy groups -OCH3 is 1. The van der Waals surface area contributed by atoms with Gasteiger partial charge in [0.1, 0.15) is 12.3 Å². The normalized spacial score (nSPS) is 10.9. The van der Waals surface area contributed by atoms with Crippen molar-refractivity contribution in [3.63, 3.8) is 0 Å². The second kappa shape index (κ2) is 7.22. The fourth-order valence-electron chi connectivity index (χ4n) is 1.95. The van der Waals surface area contributed by atoms with E-state index < -0.39 is 0 Å². The molecule has 0 aliphatic heterocycles. The third-order valence-corrected chi connectivity index (χ3v) is 3.60. The van der Waals surface area contributed by atoms with Crippen molar-refractivity contribution in [1.29, 1.82) is 0 Å². The van der Waals surface area contributed by atoms with Crippen molar-refractivity contribution in [1.82, 2.24) is 15.2 Å². The van der Waals surface area contributed by atoms with Crippen LogP contribution in [0, 0.1) is 13.8 Å². The van der Waals surface area contributed by atoms with E-state index in [1.54, 1.807) is 18.0 Å². The number of hydrogen-bond acceptors (Lipinski definition) is 4. The maximum absolute atomic E-state index is 11.8. The highest BCUT2D eigenvalue weighted by Crippen LogP contribution is 2.24. The third-order valence-electron chi connectivity index (χ3n) is 2.98. The van der Waals surface area contributed by atoms with E-state index in [9.17, 15) is 4.79 Å². The Morgan fingerprint density at radius 3 is 2.82 bits per heavy atom. The second-order valence-corrected chi connectivity index (χ2v) is 5.63. The van der Waals surface area contributed by atoms with Crippen LogP contribution in [0.15, 0.2) is 33.8 Å². The van der Waals surface area contributed by atoms with Crippen LogP contribution >= 0.6 is 15.9 Å². The first-order valence-corrected chi connectivity index (χ1v) is 7.45. The molecule has 0 saturated heterocycles. The number of benzene rings is 1. The van der Waals surface area contributed by atoms with E-state index in [4.69, 9.17) is 4.74 Å². The van der Waals surface area contributed by atoms with E-state index in [-0.39, 0.29) is 12.5 Å². The molecule has 22 heavy (non-hydrogen) atoms. The highest BCUT2D eigenvalue weighted by Gasteiger charge is 2.06. The molecule has 1 N–H and O–H groups in total. The molecule has 0 radical (unpaired) electrons. The molecule has 0 aliphatic carbocycles. The average molecular weight is 365 g/mol. The molecule has 6 nitrogen and oxygen atoms in total. The van der Waals surface area contributed by atoms with Crippen molar-refractivity contribution in [2.45, 2.75) is 20.4 Å². The molecule has 1 aromatic heterocycles. The van der Waals surface area contributed by atoms with Gasteiger partial charge in [0, 0.05) is 5.69 Å². The van der Waals surface area contributed by atoms with Crippen LogP contribution in [0.5, 0.6) is 5.75 Å². The lowest BCUT2D eigenvalue weighted by Crippen LogP contribution is -2.24. The minimum absolute atomic E-state index is 0.142. The van der Waals surface area contributed by atoms with Crippen LogP contribution in [-0.4, -0.2) is 29.0 Å². The second-order valence-electron chi connectivity index (χ2n) is 4.77. The number of amides is 1. The van der Waals surface area contributed by atoms with Gasteiger partial charge in [-0.1, -0.05) is 0 Å². The topological polar surface area (TPSA) is 68.5 Å². The van der Waals surface area contributed by atoms with Gasteiger partial charge in [-0.25, -0.2) is 5.43 Å². The Kier molecular flexibility index (Phi) is 5.32. The van der Waals surface area contributed by atoms with Crippen LogP contribution < -0.4 is 10.2 Å². The summed E-state index contributed by atoms with van der Waals surface area (Å²) in [6, 6.07) is 7.45. The lowest BCUT2D eigenvalue weighted by molar-refractivity contribution is -0.121.